The van der Waals surface area contributed by atoms with Crippen molar-refractivity contribution in [1.82, 2.24) is 4.90 Å². The molecule has 124 valence electrons. The van der Waals surface area contributed by atoms with Crippen LogP contribution in [0.25, 0.3) is 0 Å². The zero-order valence-corrected chi connectivity index (χ0v) is 13.4. The van der Waals surface area contributed by atoms with Crippen molar-refractivity contribution in [3.8, 4) is 5.75 Å². The van der Waals surface area contributed by atoms with Gasteiger partial charge in [-0.1, -0.05) is 12.8 Å². The molecule has 0 aromatic heterocycles. The maximum Gasteiger partial charge on any atom is 0.310 e. The van der Waals surface area contributed by atoms with Crippen molar-refractivity contribution in [3.05, 3.63) is 33.4 Å². The Labute approximate surface area is 135 Å². The number of fused-ring (bicyclic) bond motifs is 1. The molecule has 1 aromatic rings. The summed E-state index contributed by atoms with van der Waals surface area (Å²) in [6.45, 7) is 0.987. The van der Waals surface area contributed by atoms with Crippen LogP contribution in [-0.2, 0) is 11.8 Å². The van der Waals surface area contributed by atoms with E-state index in [2.05, 4.69) is 11.9 Å². The number of piperidine rings is 1. The molecule has 1 aliphatic heterocycles. The lowest BCUT2D eigenvalue weighted by atomic mass is 9.48. The molecule has 0 amide bonds. The fraction of sp³-hybridized carbons (Fsp3) is 0.647. The molecular weight excluding hydrogens is 294 g/mol. The summed E-state index contributed by atoms with van der Waals surface area (Å²) < 4.78 is 0. The number of hydrogen-bond acceptors (Lipinski definition) is 5. The quantitative estimate of drug-likeness (QED) is 0.611. The first-order valence-electron chi connectivity index (χ1n) is 8.39. The van der Waals surface area contributed by atoms with Crippen LogP contribution in [0.2, 0.25) is 0 Å². The maximum atomic E-state index is 11.2. The molecule has 0 unspecified atom stereocenters. The van der Waals surface area contributed by atoms with Gasteiger partial charge in [0.05, 0.1) is 4.92 Å². The van der Waals surface area contributed by atoms with Gasteiger partial charge < -0.3 is 15.7 Å². The van der Waals surface area contributed by atoms with Crippen molar-refractivity contribution in [2.24, 2.45) is 5.73 Å². The number of nitrogens with zero attached hydrogens (tertiary/aromatic N) is 2. The number of nitro benzene ring substituents is 1. The first-order valence-corrected chi connectivity index (χ1v) is 8.39. The Balaban J connectivity index is 1.96. The van der Waals surface area contributed by atoms with Gasteiger partial charge in [0.1, 0.15) is 0 Å². The van der Waals surface area contributed by atoms with Crippen LogP contribution in [0.5, 0.6) is 5.75 Å². The van der Waals surface area contributed by atoms with E-state index in [9.17, 15) is 15.2 Å². The zero-order valence-electron chi connectivity index (χ0n) is 13.4. The Morgan fingerprint density at radius 2 is 2.09 bits per heavy atom. The second kappa shape index (κ2) is 4.68. The Kier molecular flexibility index (Phi) is 3.03. The van der Waals surface area contributed by atoms with Crippen LogP contribution in [0.1, 0.15) is 43.2 Å². The van der Waals surface area contributed by atoms with Crippen LogP contribution in [0.15, 0.2) is 12.1 Å². The number of phenolic OH excluding ortho intramolecular Hbond substituents is 1. The van der Waals surface area contributed by atoms with E-state index in [4.69, 9.17) is 5.73 Å². The van der Waals surface area contributed by atoms with Crippen LogP contribution in [0.3, 0.4) is 0 Å². The maximum absolute atomic E-state index is 11.2. The van der Waals surface area contributed by atoms with Gasteiger partial charge in [0.25, 0.3) is 0 Å². The van der Waals surface area contributed by atoms with Crippen LogP contribution in [0, 0.1) is 10.1 Å². The summed E-state index contributed by atoms with van der Waals surface area (Å²) in [5.74, 6) is -0.228. The van der Waals surface area contributed by atoms with Gasteiger partial charge in [0.15, 0.2) is 5.75 Å². The lowest BCUT2D eigenvalue weighted by Gasteiger charge is -2.64. The topological polar surface area (TPSA) is 92.6 Å². The van der Waals surface area contributed by atoms with E-state index in [1.807, 2.05) is 0 Å². The second-order valence-corrected chi connectivity index (χ2v) is 7.54. The third-order valence-electron chi connectivity index (χ3n) is 6.68. The molecule has 23 heavy (non-hydrogen) atoms. The summed E-state index contributed by atoms with van der Waals surface area (Å²) in [7, 11) is 2.11. The van der Waals surface area contributed by atoms with Crippen LogP contribution in [0.4, 0.5) is 5.69 Å². The van der Waals surface area contributed by atoms with E-state index in [-0.39, 0.29) is 28.4 Å². The molecule has 3 aliphatic rings. The Morgan fingerprint density at radius 3 is 2.83 bits per heavy atom. The summed E-state index contributed by atoms with van der Waals surface area (Å²) >= 11 is 0. The van der Waals surface area contributed by atoms with Gasteiger partial charge in [-0.15, -0.1) is 0 Å². The van der Waals surface area contributed by atoms with Gasteiger partial charge in [-0.25, -0.2) is 0 Å². The minimum absolute atomic E-state index is 0.150. The summed E-state index contributed by atoms with van der Waals surface area (Å²) in [6, 6.07) is 3.43. The molecule has 0 spiro atoms. The molecular formula is C17H23N3O3. The minimum atomic E-state index is -0.502. The van der Waals surface area contributed by atoms with E-state index in [1.165, 1.54) is 0 Å². The lowest BCUT2D eigenvalue weighted by molar-refractivity contribution is -0.386. The predicted molar refractivity (Wildman–Crippen MR) is 86.6 cm³/mol. The van der Waals surface area contributed by atoms with Crippen molar-refractivity contribution in [2.75, 3.05) is 13.6 Å². The van der Waals surface area contributed by atoms with Gasteiger partial charge >= 0.3 is 5.69 Å². The molecule has 3 atom stereocenters. The van der Waals surface area contributed by atoms with Crippen LogP contribution >= 0.6 is 0 Å². The van der Waals surface area contributed by atoms with Crippen molar-refractivity contribution < 1.29 is 10.0 Å². The van der Waals surface area contributed by atoms with Crippen LogP contribution < -0.4 is 5.73 Å². The Hall–Kier alpha value is -1.66. The number of phenols is 1. The monoisotopic (exact) mass is 317 g/mol. The van der Waals surface area contributed by atoms with Gasteiger partial charge in [-0.05, 0) is 56.5 Å². The number of aromatic hydroxyl groups is 1. The average molecular weight is 317 g/mol. The minimum Gasteiger partial charge on any atom is -0.502 e. The smallest absolute Gasteiger partial charge is 0.310 e. The molecule has 4 rings (SSSR count). The van der Waals surface area contributed by atoms with Crippen molar-refractivity contribution in [3.63, 3.8) is 0 Å². The van der Waals surface area contributed by atoms with Gasteiger partial charge in [-0.2, -0.15) is 0 Å². The van der Waals surface area contributed by atoms with E-state index in [1.54, 1.807) is 12.1 Å². The Bertz CT molecular complexity index is 692. The average Bonchev–Trinajstić information content (AvgIpc) is 2.50. The highest BCUT2D eigenvalue weighted by Crippen LogP contribution is 2.57. The number of hydrogen-bond donors (Lipinski definition) is 2. The SMILES string of the molecule is CN1CC[C@]23CCCC[C@@]2(N)[C@H]1Cc1cc([N+](=O)[O-])c(O)cc13. The van der Waals surface area contributed by atoms with Crippen LogP contribution in [-0.4, -0.2) is 40.1 Å². The van der Waals surface area contributed by atoms with Crippen molar-refractivity contribution in [1.29, 1.82) is 0 Å². The normalized spacial score (nSPS) is 36.2. The fourth-order valence-corrected chi connectivity index (χ4v) is 5.52. The molecule has 1 heterocycles. The van der Waals surface area contributed by atoms with Crippen molar-refractivity contribution >= 4 is 5.69 Å². The third kappa shape index (κ3) is 1.76. The molecule has 2 fully saturated rings. The Morgan fingerprint density at radius 1 is 1.35 bits per heavy atom. The second-order valence-electron chi connectivity index (χ2n) is 7.54. The molecule has 0 radical (unpaired) electrons. The molecule has 1 saturated heterocycles. The largest absolute Gasteiger partial charge is 0.502 e. The molecule has 6 heteroatoms. The van der Waals surface area contributed by atoms with Gasteiger partial charge in [0.2, 0.25) is 0 Å². The molecule has 2 aliphatic carbocycles. The first-order chi connectivity index (χ1) is 10.9. The predicted octanol–water partition coefficient (Wildman–Crippen LogP) is 2.07. The van der Waals surface area contributed by atoms with Crippen molar-refractivity contribution in [2.45, 2.75) is 55.5 Å². The number of likely N-dealkylation sites (tertiary alicyclic amines) is 1. The molecule has 3 N–H and O–H groups in total. The first kappa shape index (κ1) is 14.9. The molecule has 6 nitrogen and oxygen atoms in total. The standard InChI is InChI=1S/C17H23N3O3/c1-19-7-6-16-4-2-3-5-17(16,18)15(19)9-11-8-13(20(22)23)14(21)10-12(11)16/h8,10,15,21H,2-7,9,18H2,1H3/t15-,16+,17-/m1/s1. The van der Waals surface area contributed by atoms with Gasteiger partial charge in [0, 0.05) is 23.1 Å². The number of nitrogens with two attached hydrogens (primary N) is 1. The number of nitro groups is 1. The summed E-state index contributed by atoms with van der Waals surface area (Å²) in [5.41, 5.74) is 8.42. The summed E-state index contributed by atoms with van der Waals surface area (Å²) in [6.07, 6.45) is 5.95. The highest BCUT2D eigenvalue weighted by atomic mass is 16.6. The molecule has 1 aromatic carbocycles. The fourth-order valence-electron chi connectivity index (χ4n) is 5.52. The third-order valence-corrected chi connectivity index (χ3v) is 6.68. The highest BCUT2D eigenvalue weighted by Gasteiger charge is 2.61. The summed E-state index contributed by atoms with van der Waals surface area (Å²) in [4.78, 5) is 13.0. The van der Waals surface area contributed by atoms with Gasteiger partial charge in [-0.3, -0.25) is 10.1 Å². The zero-order chi connectivity index (χ0) is 16.4. The highest BCUT2D eigenvalue weighted by molar-refractivity contribution is 5.57. The van der Waals surface area contributed by atoms with E-state index in [0.717, 1.165) is 56.2 Å². The van der Waals surface area contributed by atoms with E-state index >= 15 is 0 Å². The number of rotatable bonds is 1. The molecule has 1 saturated carbocycles. The van der Waals surface area contributed by atoms with E-state index in [0.29, 0.717) is 0 Å². The number of likely N-dealkylation sites (N-methyl/N-ethyl adjacent to an activating group) is 1. The number of benzene rings is 1. The summed E-state index contributed by atoms with van der Waals surface area (Å²) in [5, 5.41) is 21.3. The molecule has 2 bridgehead atoms. The lowest BCUT2D eigenvalue weighted by Crippen LogP contribution is -2.75. The van der Waals surface area contributed by atoms with E-state index < -0.39 is 4.92 Å².